The fourth-order valence-electron chi connectivity index (χ4n) is 3.21. The van der Waals surface area contributed by atoms with E-state index < -0.39 is 0 Å². The van der Waals surface area contributed by atoms with E-state index in [0.717, 1.165) is 37.6 Å². The maximum absolute atomic E-state index is 12.4. The molecule has 1 fully saturated rings. The molecule has 0 radical (unpaired) electrons. The lowest BCUT2D eigenvalue weighted by molar-refractivity contribution is -0.117. The summed E-state index contributed by atoms with van der Waals surface area (Å²) in [5, 5.41) is 3.44. The fourth-order valence-corrected chi connectivity index (χ4v) is 3.38. The summed E-state index contributed by atoms with van der Waals surface area (Å²) in [5.41, 5.74) is 1.68. The number of halogens is 1. The number of piperazine rings is 1. The number of carbonyl (C=O) groups is 1. The highest BCUT2D eigenvalue weighted by molar-refractivity contribution is 6.31. The summed E-state index contributed by atoms with van der Waals surface area (Å²) in [4.78, 5) is 16.8. The Morgan fingerprint density at radius 1 is 1.04 bits per heavy atom. The highest BCUT2D eigenvalue weighted by Gasteiger charge is 2.21. The largest absolute Gasteiger partial charge is 0.495 e. The average molecular weight is 390 g/mol. The summed E-state index contributed by atoms with van der Waals surface area (Å²) in [6.07, 6.45) is 0. The van der Waals surface area contributed by atoms with Crippen LogP contribution in [0.1, 0.15) is 0 Å². The van der Waals surface area contributed by atoms with Crippen molar-refractivity contribution in [1.29, 1.82) is 0 Å². The quantitative estimate of drug-likeness (QED) is 0.822. The smallest absolute Gasteiger partial charge is 0.238 e. The van der Waals surface area contributed by atoms with Crippen molar-refractivity contribution in [2.45, 2.75) is 0 Å². The van der Waals surface area contributed by atoms with Gasteiger partial charge in [0.15, 0.2) is 0 Å². The van der Waals surface area contributed by atoms with Crippen LogP contribution in [0.25, 0.3) is 0 Å². The van der Waals surface area contributed by atoms with Crippen molar-refractivity contribution < 1.29 is 14.3 Å². The number of nitrogens with zero attached hydrogens (tertiary/aromatic N) is 2. The van der Waals surface area contributed by atoms with E-state index in [0.29, 0.717) is 23.0 Å². The number of benzene rings is 2. The molecule has 1 saturated heterocycles. The SMILES string of the molecule is COc1ccc(Cl)cc1NC(=O)CN1CCN(c2ccccc2OC)CC1. The molecule has 1 heterocycles. The van der Waals surface area contributed by atoms with Gasteiger partial charge in [0.2, 0.25) is 5.91 Å². The van der Waals surface area contributed by atoms with Crippen LogP contribution in [0.3, 0.4) is 0 Å². The van der Waals surface area contributed by atoms with Gasteiger partial charge in [0, 0.05) is 31.2 Å². The number of amides is 1. The van der Waals surface area contributed by atoms with Crippen LogP contribution < -0.4 is 19.7 Å². The van der Waals surface area contributed by atoms with Crippen LogP contribution in [0.2, 0.25) is 5.02 Å². The number of ether oxygens (including phenoxy) is 2. The number of rotatable bonds is 6. The van der Waals surface area contributed by atoms with Crippen LogP contribution in [0.5, 0.6) is 11.5 Å². The molecular formula is C20H24ClN3O3. The van der Waals surface area contributed by atoms with Crippen LogP contribution in [-0.2, 0) is 4.79 Å². The Labute approximate surface area is 164 Å². The second-order valence-corrected chi connectivity index (χ2v) is 6.76. The molecule has 7 heteroatoms. The van der Waals surface area contributed by atoms with Gasteiger partial charge in [-0.15, -0.1) is 0 Å². The molecule has 0 atom stereocenters. The molecule has 1 aliphatic heterocycles. The first-order valence-corrected chi connectivity index (χ1v) is 9.22. The summed E-state index contributed by atoms with van der Waals surface area (Å²) in [6.45, 7) is 3.62. The van der Waals surface area contributed by atoms with E-state index in [4.69, 9.17) is 21.1 Å². The summed E-state index contributed by atoms with van der Waals surface area (Å²) < 4.78 is 10.7. The van der Waals surface area contributed by atoms with Gasteiger partial charge >= 0.3 is 0 Å². The van der Waals surface area contributed by atoms with Crippen molar-refractivity contribution in [2.75, 3.05) is 57.2 Å². The molecular weight excluding hydrogens is 366 g/mol. The van der Waals surface area contributed by atoms with Gasteiger partial charge in [-0.1, -0.05) is 23.7 Å². The minimum atomic E-state index is -0.0821. The second kappa shape index (κ2) is 8.97. The highest BCUT2D eigenvalue weighted by atomic mass is 35.5. The van der Waals surface area contributed by atoms with E-state index in [-0.39, 0.29) is 5.91 Å². The Hall–Kier alpha value is -2.44. The molecule has 3 rings (SSSR count). The molecule has 144 valence electrons. The van der Waals surface area contributed by atoms with Crippen molar-refractivity contribution in [3.8, 4) is 11.5 Å². The molecule has 0 unspecified atom stereocenters. The Morgan fingerprint density at radius 2 is 1.74 bits per heavy atom. The van der Waals surface area contributed by atoms with Crippen LogP contribution in [-0.4, -0.2) is 57.8 Å². The molecule has 0 bridgehead atoms. The molecule has 27 heavy (non-hydrogen) atoms. The summed E-state index contributed by atoms with van der Waals surface area (Å²) in [6, 6.07) is 13.2. The molecule has 1 aliphatic rings. The number of hydrogen-bond donors (Lipinski definition) is 1. The first kappa shape index (κ1) is 19.3. The van der Waals surface area contributed by atoms with Gasteiger partial charge in [0.05, 0.1) is 32.1 Å². The van der Waals surface area contributed by atoms with Gasteiger partial charge in [-0.25, -0.2) is 0 Å². The van der Waals surface area contributed by atoms with E-state index in [2.05, 4.69) is 21.2 Å². The van der Waals surface area contributed by atoms with Gasteiger partial charge in [0.1, 0.15) is 11.5 Å². The Bertz CT molecular complexity index is 792. The summed E-state index contributed by atoms with van der Waals surface area (Å²) in [5.74, 6) is 1.38. The number of methoxy groups -OCH3 is 2. The number of nitrogens with one attached hydrogen (secondary N) is 1. The molecule has 1 amide bonds. The Kier molecular flexibility index (Phi) is 6.42. The monoisotopic (exact) mass is 389 g/mol. The summed E-state index contributed by atoms with van der Waals surface area (Å²) in [7, 11) is 3.25. The Balaban J connectivity index is 1.55. The predicted octanol–water partition coefficient (Wildman–Crippen LogP) is 3.12. The maximum Gasteiger partial charge on any atom is 0.238 e. The number of para-hydroxylation sites is 2. The summed E-state index contributed by atoms with van der Waals surface area (Å²) >= 11 is 6.02. The van der Waals surface area contributed by atoms with Crippen molar-refractivity contribution in [1.82, 2.24) is 4.90 Å². The van der Waals surface area contributed by atoms with E-state index in [1.807, 2.05) is 18.2 Å². The lowest BCUT2D eigenvalue weighted by Crippen LogP contribution is -2.48. The van der Waals surface area contributed by atoms with Gasteiger partial charge in [-0.3, -0.25) is 9.69 Å². The van der Waals surface area contributed by atoms with Crippen molar-refractivity contribution in [3.63, 3.8) is 0 Å². The number of carbonyl (C=O) groups excluding carboxylic acids is 1. The molecule has 2 aromatic rings. The average Bonchev–Trinajstić information content (AvgIpc) is 2.68. The first-order chi connectivity index (χ1) is 13.1. The van der Waals surface area contributed by atoms with E-state index in [1.165, 1.54) is 0 Å². The molecule has 0 aromatic heterocycles. The predicted molar refractivity (Wildman–Crippen MR) is 108 cm³/mol. The van der Waals surface area contributed by atoms with Crippen molar-refractivity contribution in [2.24, 2.45) is 0 Å². The minimum absolute atomic E-state index is 0.0821. The normalized spacial score (nSPS) is 14.7. The molecule has 0 aliphatic carbocycles. The molecule has 1 N–H and O–H groups in total. The first-order valence-electron chi connectivity index (χ1n) is 8.84. The third-order valence-electron chi connectivity index (χ3n) is 4.60. The zero-order valence-electron chi connectivity index (χ0n) is 15.6. The lowest BCUT2D eigenvalue weighted by atomic mass is 10.2. The zero-order valence-corrected chi connectivity index (χ0v) is 16.3. The highest BCUT2D eigenvalue weighted by Crippen LogP contribution is 2.29. The van der Waals surface area contributed by atoms with Gasteiger partial charge in [-0.2, -0.15) is 0 Å². The number of anilines is 2. The van der Waals surface area contributed by atoms with Crippen molar-refractivity contribution in [3.05, 3.63) is 47.5 Å². The fraction of sp³-hybridized carbons (Fsp3) is 0.350. The maximum atomic E-state index is 12.4. The van der Waals surface area contributed by atoms with Crippen LogP contribution in [0.15, 0.2) is 42.5 Å². The standard InChI is InChI=1S/C20H24ClN3O3/c1-26-18-8-7-15(21)13-16(18)22-20(25)14-23-9-11-24(12-10-23)17-5-3-4-6-19(17)27-2/h3-8,13H,9-12,14H2,1-2H3,(H,22,25). The lowest BCUT2D eigenvalue weighted by Gasteiger charge is -2.36. The van der Waals surface area contributed by atoms with E-state index in [1.54, 1.807) is 32.4 Å². The van der Waals surface area contributed by atoms with Crippen LogP contribution in [0, 0.1) is 0 Å². The van der Waals surface area contributed by atoms with Crippen molar-refractivity contribution >= 4 is 28.9 Å². The third kappa shape index (κ3) is 4.84. The third-order valence-corrected chi connectivity index (χ3v) is 4.84. The molecule has 6 nitrogen and oxygen atoms in total. The molecule has 0 saturated carbocycles. The van der Waals surface area contributed by atoms with Gasteiger partial charge in [0.25, 0.3) is 0 Å². The van der Waals surface area contributed by atoms with Crippen LogP contribution in [0.4, 0.5) is 11.4 Å². The minimum Gasteiger partial charge on any atom is -0.495 e. The van der Waals surface area contributed by atoms with Gasteiger partial charge < -0.3 is 19.7 Å². The molecule has 0 spiro atoms. The molecule has 2 aromatic carbocycles. The van der Waals surface area contributed by atoms with E-state index in [9.17, 15) is 4.79 Å². The number of hydrogen-bond acceptors (Lipinski definition) is 5. The van der Waals surface area contributed by atoms with E-state index >= 15 is 0 Å². The van der Waals surface area contributed by atoms with Crippen LogP contribution >= 0.6 is 11.6 Å². The van der Waals surface area contributed by atoms with Gasteiger partial charge in [-0.05, 0) is 30.3 Å². The topological polar surface area (TPSA) is 54.0 Å². The Morgan fingerprint density at radius 3 is 2.44 bits per heavy atom. The zero-order chi connectivity index (χ0) is 19.2. The second-order valence-electron chi connectivity index (χ2n) is 6.33.